The van der Waals surface area contributed by atoms with Crippen molar-refractivity contribution < 1.29 is 9.59 Å². The molecule has 0 spiro atoms. The van der Waals surface area contributed by atoms with Gasteiger partial charge in [0.15, 0.2) is 0 Å². The van der Waals surface area contributed by atoms with Gasteiger partial charge in [0.2, 0.25) is 0 Å². The van der Waals surface area contributed by atoms with E-state index >= 15 is 0 Å². The van der Waals surface area contributed by atoms with Gasteiger partial charge in [0.05, 0.1) is 5.16 Å². The van der Waals surface area contributed by atoms with Gasteiger partial charge >= 0.3 is 0 Å². The van der Waals surface area contributed by atoms with Crippen LogP contribution in [0.15, 0.2) is 17.3 Å². The highest BCUT2D eigenvalue weighted by Crippen LogP contribution is 2.01. The Morgan fingerprint density at radius 1 is 1.40 bits per heavy atom. The van der Waals surface area contributed by atoms with Crippen LogP contribution in [0, 0.1) is 0 Å². The molecule has 5 heteroatoms. The lowest BCUT2D eigenvalue weighted by Gasteiger charge is -2.00. The van der Waals surface area contributed by atoms with Crippen molar-refractivity contribution in [2.45, 2.75) is 0 Å². The number of rotatable bonds is 1. The van der Waals surface area contributed by atoms with Crippen LogP contribution in [0.25, 0.3) is 0 Å². The predicted octanol–water partition coefficient (Wildman–Crippen LogP) is -0.0708. The summed E-state index contributed by atoms with van der Waals surface area (Å²) in [5.74, 6) is -0.968. The Morgan fingerprint density at radius 2 is 1.90 bits per heavy atom. The molecule has 4 nitrogen and oxygen atoms in total. The molecule has 0 aromatic carbocycles. The van der Waals surface area contributed by atoms with Crippen molar-refractivity contribution in [1.29, 1.82) is 0 Å². The maximum absolute atomic E-state index is 10.6. The zero-order chi connectivity index (χ0) is 7.56. The van der Waals surface area contributed by atoms with Gasteiger partial charge in [-0.2, -0.15) is 0 Å². The highest BCUT2D eigenvalue weighted by molar-refractivity contribution is 7.78. The van der Waals surface area contributed by atoms with E-state index in [1.807, 2.05) is 5.16 Å². The van der Waals surface area contributed by atoms with Crippen LogP contribution < -0.4 is 0 Å². The second-order valence-corrected chi connectivity index (χ2v) is 1.70. The molecular formula is C5H2N2O2S. The molecule has 0 aromatic heterocycles. The normalized spacial score (nSPS) is 15.8. The molecule has 0 N–H and O–H groups in total. The SMILES string of the molecule is O=C1C=CC(=O)N1N=C=S. The van der Waals surface area contributed by atoms with Gasteiger partial charge in [-0.05, 0) is 12.2 Å². The van der Waals surface area contributed by atoms with Gasteiger partial charge < -0.3 is 0 Å². The summed E-state index contributed by atoms with van der Waals surface area (Å²) in [4.78, 5) is 21.2. The zero-order valence-electron chi connectivity index (χ0n) is 4.77. The lowest BCUT2D eigenvalue weighted by Crippen LogP contribution is -2.23. The number of carbonyl (C=O) groups excluding carboxylic acids is 2. The first-order valence-corrected chi connectivity index (χ1v) is 2.80. The van der Waals surface area contributed by atoms with Gasteiger partial charge in [-0.15, -0.1) is 10.1 Å². The summed E-state index contributed by atoms with van der Waals surface area (Å²) in [5, 5.41) is 5.79. The topological polar surface area (TPSA) is 49.7 Å². The van der Waals surface area contributed by atoms with Gasteiger partial charge in [-0.3, -0.25) is 9.59 Å². The minimum Gasteiger partial charge on any atom is -0.267 e. The van der Waals surface area contributed by atoms with Gasteiger partial charge in [0.1, 0.15) is 0 Å². The zero-order valence-corrected chi connectivity index (χ0v) is 5.59. The second-order valence-electron chi connectivity index (χ2n) is 1.51. The first kappa shape index (κ1) is 6.80. The summed E-state index contributed by atoms with van der Waals surface area (Å²) in [6, 6.07) is 0. The molecule has 0 saturated carbocycles. The van der Waals surface area contributed by atoms with Crippen LogP contribution in [0.3, 0.4) is 0 Å². The molecular weight excluding hydrogens is 152 g/mol. The van der Waals surface area contributed by atoms with Gasteiger partial charge in [-0.1, -0.05) is 0 Å². The van der Waals surface area contributed by atoms with Crippen molar-refractivity contribution >= 4 is 29.2 Å². The minimum absolute atomic E-state index is 0.484. The number of imide groups is 1. The number of carbonyl (C=O) groups is 2. The maximum Gasteiger partial charge on any atom is 0.275 e. The van der Waals surface area contributed by atoms with Gasteiger partial charge in [-0.25, -0.2) is 0 Å². The maximum atomic E-state index is 10.6. The number of amides is 2. The summed E-state index contributed by atoms with van der Waals surface area (Å²) in [6.45, 7) is 0. The van der Waals surface area contributed by atoms with Gasteiger partial charge in [0, 0.05) is 12.2 Å². The molecule has 0 atom stereocenters. The Balaban J connectivity index is 2.89. The van der Waals surface area contributed by atoms with E-state index in [9.17, 15) is 9.59 Å². The van der Waals surface area contributed by atoms with Gasteiger partial charge in [0.25, 0.3) is 11.8 Å². The molecule has 2 amide bonds. The summed E-state index contributed by atoms with van der Waals surface area (Å²) >= 11 is 4.20. The molecule has 1 aliphatic rings. The Morgan fingerprint density at radius 3 is 2.30 bits per heavy atom. The molecule has 1 heterocycles. The van der Waals surface area contributed by atoms with E-state index in [2.05, 4.69) is 17.3 Å². The Hall–Kier alpha value is -1.32. The largest absolute Gasteiger partial charge is 0.275 e. The third-order valence-electron chi connectivity index (χ3n) is 0.927. The van der Waals surface area contributed by atoms with Crippen molar-refractivity contribution in [3.63, 3.8) is 0 Å². The highest BCUT2D eigenvalue weighted by Gasteiger charge is 2.22. The molecule has 50 valence electrons. The number of hydrazone groups is 1. The van der Waals surface area contributed by atoms with Crippen LogP contribution in [-0.2, 0) is 9.59 Å². The third kappa shape index (κ3) is 1.00. The van der Waals surface area contributed by atoms with E-state index in [-0.39, 0.29) is 0 Å². The Kier molecular flexibility index (Phi) is 1.71. The molecule has 0 aliphatic carbocycles. The lowest BCUT2D eigenvalue weighted by atomic mass is 10.6. The van der Waals surface area contributed by atoms with E-state index in [4.69, 9.17) is 0 Å². The fourth-order valence-electron chi connectivity index (χ4n) is 0.532. The predicted molar refractivity (Wildman–Crippen MR) is 36.0 cm³/mol. The molecule has 0 bridgehead atoms. The summed E-state index contributed by atoms with van der Waals surface area (Å²) in [6.07, 6.45) is 2.25. The van der Waals surface area contributed by atoms with E-state index in [0.29, 0.717) is 5.01 Å². The smallest absolute Gasteiger partial charge is 0.267 e. The lowest BCUT2D eigenvalue weighted by molar-refractivity contribution is -0.136. The fraction of sp³-hybridized carbons (Fsp3) is 0. The number of nitrogens with zero attached hydrogens (tertiary/aromatic N) is 2. The summed E-state index contributed by atoms with van der Waals surface area (Å²) < 4.78 is 0. The van der Waals surface area contributed by atoms with E-state index in [1.54, 1.807) is 0 Å². The highest BCUT2D eigenvalue weighted by atomic mass is 32.1. The van der Waals surface area contributed by atoms with E-state index in [1.165, 1.54) is 0 Å². The third-order valence-corrected chi connectivity index (χ3v) is 1.01. The van der Waals surface area contributed by atoms with Crippen molar-refractivity contribution in [2.24, 2.45) is 5.10 Å². The Bertz CT molecular complexity index is 247. The van der Waals surface area contributed by atoms with Crippen LogP contribution in [0.2, 0.25) is 0 Å². The molecule has 1 rings (SSSR count). The quantitative estimate of drug-likeness (QED) is 0.302. The monoisotopic (exact) mass is 154 g/mol. The molecule has 1 aliphatic heterocycles. The number of hydrogen-bond acceptors (Lipinski definition) is 4. The average molecular weight is 154 g/mol. The van der Waals surface area contributed by atoms with Crippen LogP contribution in [0.1, 0.15) is 0 Å². The summed E-state index contributed by atoms with van der Waals surface area (Å²) in [5.41, 5.74) is 0. The number of hydrogen-bond donors (Lipinski definition) is 0. The minimum atomic E-state index is -0.484. The van der Waals surface area contributed by atoms with Crippen LogP contribution in [-0.4, -0.2) is 22.0 Å². The molecule has 0 radical (unpaired) electrons. The summed E-state index contributed by atoms with van der Waals surface area (Å²) in [7, 11) is 0. The standard InChI is InChI=1S/C5H2N2O2S/c8-4-1-2-5(9)7(4)6-3-10/h1-2H. The Labute approximate surface area is 61.8 Å². The van der Waals surface area contributed by atoms with E-state index in [0.717, 1.165) is 12.2 Å². The molecule has 0 unspecified atom stereocenters. The number of isothiocyanates is 1. The number of thiocarbonyl (C=S) groups is 1. The van der Waals surface area contributed by atoms with E-state index < -0.39 is 11.8 Å². The van der Waals surface area contributed by atoms with Crippen molar-refractivity contribution in [3.8, 4) is 0 Å². The molecule has 0 aromatic rings. The fourth-order valence-corrected chi connectivity index (χ4v) is 0.613. The van der Waals surface area contributed by atoms with Crippen LogP contribution in [0.5, 0.6) is 0 Å². The molecule has 0 saturated heterocycles. The van der Waals surface area contributed by atoms with Crippen molar-refractivity contribution in [3.05, 3.63) is 12.2 Å². The first-order valence-electron chi connectivity index (χ1n) is 2.39. The first-order chi connectivity index (χ1) is 4.75. The molecule has 10 heavy (non-hydrogen) atoms. The van der Waals surface area contributed by atoms with Crippen LogP contribution >= 0.6 is 12.2 Å². The second kappa shape index (κ2) is 2.51. The van der Waals surface area contributed by atoms with Crippen molar-refractivity contribution in [2.75, 3.05) is 0 Å². The molecule has 0 fully saturated rings. The average Bonchev–Trinajstić information content (AvgIpc) is 2.20. The van der Waals surface area contributed by atoms with Crippen molar-refractivity contribution in [1.82, 2.24) is 5.01 Å². The van der Waals surface area contributed by atoms with Crippen LogP contribution in [0.4, 0.5) is 0 Å².